The van der Waals surface area contributed by atoms with Gasteiger partial charge in [0.05, 0.1) is 27.5 Å². The molecule has 0 radical (unpaired) electrons. The first-order valence-corrected chi connectivity index (χ1v) is 8.54. The van der Waals surface area contributed by atoms with E-state index < -0.39 is 11.8 Å². The second-order valence-electron chi connectivity index (χ2n) is 5.65. The number of amides is 2. The fourth-order valence-corrected chi connectivity index (χ4v) is 2.44. The summed E-state index contributed by atoms with van der Waals surface area (Å²) in [4.78, 5) is 23.6. The molecule has 8 nitrogen and oxygen atoms in total. The lowest BCUT2D eigenvalue weighted by Gasteiger charge is -2.12. The third-order valence-corrected chi connectivity index (χ3v) is 3.82. The minimum absolute atomic E-state index is 0.354. The van der Waals surface area contributed by atoms with Crippen LogP contribution in [0, 0.1) is 0 Å². The lowest BCUT2D eigenvalue weighted by molar-refractivity contribution is -0.139. The summed E-state index contributed by atoms with van der Waals surface area (Å²) in [6.45, 7) is 0.354. The first-order chi connectivity index (χ1) is 13.6. The van der Waals surface area contributed by atoms with Gasteiger partial charge in [-0.25, -0.2) is 5.43 Å². The number of carbonyl (C=O) groups is 2. The van der Waals surface area contributed by atoms with Gasteiger partial charge in [-0.15, -0.1) is 0 Å². The minimum atomic E-state index is -0.850. The van der Waals surface area contributed by atoms with E-state index in [1.54, 1.807) is 12.1 Å². The molecule has 0 unspecified atom stereocenters. The molecule has 2 aromatic carbocycles. The van der Waals surface area contributed by atoms with Gasteiger partial charge >= 0.3 is 11.8 Å². The van der Waals surface area contributed by atoms with Gasteiger partial charge in [-0.3, -0.25) is 9.59 Å². The summed E-state index contributed by atoms with van der Waals surface area (Å²) in [5.41, 5.74) is 3.86. The van der Waals surface area contributed by atoms with E-state index >= 15 is 0 Å². The zero-order chi connectivity index (χ0) is 20.4. The molecule has 148 valence electrons. The molecule has 0 atom stereocenters. The number of hydrogen-bond donors (Lipinski definition) is 2. The van der Waals surface area contributed by atoms with Gasteiger partial charge in [0.2, 0.25) is 5.75 Å². The van der Waals surface area contributed by atoms with Crippen LogP contribution in [0.1, 0.15) is 11.1 Å². The summed E-state index contributed by atoms with van der Waals surface area (Å²) >= 11 is 0. The number of rotatable bonds is 8. The fourth-order valence-electron chi connectivity index (χ4n) is 2.44. The van der Waals surface area contributed by atoms with E-state index in [1.807, 2.05) is 30.3 Å². The predicted molar refractivity (Wildman–Crippen MR) is 105 cm³/mol. The summed E-state index contributed by atoms with van der Waals surface area (Å²) in [7, 11) is 4.50. The summed E-state index contributed by atoms with van der Waals surface area (Å²) in [5.74, 6) is -0.250. The Labute approximate surface area is 163 Å². The second-order valence-corrected chi connectivity index (χ2v) is 5.65. The van der Waals surface area contributed by atoms with Crippen molar-refractivity contribution in [2.45, 2.75) is 6.42 Å². The fraction of sp³-hybridized carbons (Fsp3) is 0.250. The summed E-state index contributed by atoms with van der Waals surface area (Å²) in [6, 6.07) is 13.0. The van der Waals surface area contributed by atoms with Crippen LogP contribution in [0.5, 0.6) is 17.2 Å². The van der Waals surface area contributed by atoms with E-state index in [9.17, 15) is 9.59 Å². The Morgan fingerprint density at radius 3 is 2.18 bits per heavy atom. The number of carbonyl (C=O) groups excluding carboxylic acids is 2. The second kappa shape index (κ2) is 10.6. The highest BCUT2D eigenvalue weighted by Gasteiger charge is 2.13. The van der Waals surface area contributed by atoms with Crippen molar-refractivity contribution in [2.75, 3.05) is 27.9 Å². The van der Waals surface area contributed by atoms with Gasteiger partial charge in [-0.05, 0) is 24.1 Å². The van der Waals surface area contributed by atoms with Crippen LogP contribution in [0.4, 0.5) is 0 Å². The van der Waals surface area contributed by atoms with Crippen LogP contribution in [0.15, 0.2) is 47.6 Å². The normalized spacial score (nSPS) is 10.4. The lowest BCUT2D eigenvalue weighted by Crippen LogP contribution is -2.38. The molecule has 8 heteroatoms. The van der Waals surface area contributed by atoms with Gasteiger partial charge in [0.15, 0.2) is 11.5 Å². The number of hydrazone groups is 1. The molecule has 0 spiro atoms. The monoisotopic (exact) mass is 385 g/mol. The van der Waals surface area contributed by atoms with Crippen molar-refractivity contribution in [1.82, 2.24) is 10.7 Å². The Morgan fingerprint density at radius 1 is 0.964 bits per heavy atom. The Kier molecular flexibility index (Phi) is 7.83. The van der Waals surface area contributed by atoms with E-state index in [-0.39, 0.29) is 0 Å². The van der Waals surface area contributed by atoms with E-state index in [2.05, 4.69) is 15.8 Å². The molecule has 0 aliphatic rings. The standard InChI is InChI=1S/C20H23N3O5/c1-26-16-11-15(12-17(27-2)18(16)28-3)13-22-23-20(25)19(24)21-10-9-14-7-5-4-6-8-14/h4-8,11-13H,9-10H2,1-3H3,(H,21,24)(H,23,25). The summed E-state index contributed by atoms with van der Waals surface area (Å²) in [5, 5.41) is 6.35. The smallest absolute Gasteiger partial charge is 0.329 e. The van der Waals surface area contributed by atoms with Crippen molar-refractivity contribution in [3.05, 3.63) is 53.6 Å². The SMILES string of the molecule is COc1cc(C=NNC(=O)C(=O)NCCc2ccccc2)cc(OC)c1OC. The van der Waals surface area contributed by atoms with Crippen LogP contribution in [-0.2, 0) is 16.0 Å². The van der Waals surface area contributed by atoms with Crippen LogP contribution in [-0.4, -0.2) is 45.9 Å². The van der Waals surface area contributed by atoms with E-state index in [0.717, 1.165) is 5.56 Å². The number of nitrogens with one attached hydrogen (secondary N) is 2. The van der Waals surface area contributed by atoms with Crippen molar-refractivity contribution in [3.8, 4) is 17.2 Å². The van der Waals surface area contributed by atoms with Crippen molar-refractivity contribution in [1.29, 1.82) is 0 Å². The topological polar surface area (TPSA) is 98.2 Å². The highest BCUT2D eigenvalue weighted by Crippen LogP contribution is 2.37. The maximum atomic E-state index is 11.8. The average molecular weight is 385 g/mol. The molecular formula is C20H23N3O5. The van der Waals surface area contributed by atoms with Gasteiger partial charge in [-0.2, -0.15) is 5.10 Å². The van der Waals surface area contributed by atoms with Gasteiger partial charge in [0.1, 0.15) is 0 Å². The van der Waals surface area contributed by atoms with Crippen molar-refractivity contribution in [3.63, 3.8) is 0 Å². The maximum absolute atomic E-state index is 11.8. The lowest BCUT2D eigenvalue weighted by atomic mass is 10.1. The molecule has 0 heterocycles. The van der Waals surface area contributed by atoms with Crippen LogP contribution in [0.2, 0.25) is 0 Å². The van der Waals surface area contributed by atoms with E-state index in [4.69, 9.17) is 14.2 Å². The number of ether oxygens (including phenoxy) is 3. The summed E-state index contributed by atoms with van der Waals surface area (Å²) < 4.78 is 15.7. The number of nitrogens with zero attached hydrogens (tertiary/aromatic N) is 1. The molecule has 2 amide bonds. The average Bonchev–Trinajstić information content (AvgIpc) is 2.73. The number of benzene rings is 2. The summed E-state index contributed by atoms with van der Waals surface area (Å²) in [6.07, 6.45) is 2.01. The van der Waals surface area contributed by atoms with Crippen molar-refractivity contribution < 1.29 is 23.8 Å². The first kappa shape index (κ1) is 20.8. The van der Waals surface area contributed by atoms with Crippen LogP contribution < -0.4 is 25.0 Å². The Morgan fingerprint density at radius 2 is 1.61 bits per heavy atom. The molecule has 0 bridgehead atoms. The molecule has 28 heavy (non-hydrogen) atoms. The van der Waals surface area contributed by atoms with Crippen molar-refractivity contribution in [2.24, 2.45) is 5.10 Å². The molecule has 0 saturated carbocycles. The Bertz CT molecular complexity index is 812. The molecule has 0 aliphatic carbocycles. The highest BCUT2D eigenvalue weighted by atomic mass is 16.5. The van der Waals surface area contributed by atoms with Gasteiger partial charge in [-0.1, -0.05) is 30.3 Å². The number of methoxy groups -OCH3 is 3. The van der Waals surface area contributed by atoms with Gasteiger partial charge in [0.25, 0.3) is 0 Å². The number of hydrogen-bond acceptors (Lipinski definition) is 6. The molecule has 2 rings (SSSR count). The van der Waals surface area contributed by atoms with E-state index in [1.165, 1.54) is 27.5 Å². The van der Waals surface area contributed by atoms with Crippen LogP contribution in [0.3, 0.4) is 0 Å². The molecule has 0 saturated heterocycles. The predicted octanol–water partition coefficient (Wildman–Crippen LogP) is 1.52. The third-order valence-electron chi connectivity index (χ3n) is 3.82. The van der Waals surface area contributed by atoms with Crippen LogP contribution in [0.25, 0.3) is 0 Å². The Balaban J connectivity index is 1.89. The third kappa shape index (κ3) is 5.73. The van der Waals surface area contributed by atoms with Crippen molar-refractivity contribution >= 4 is 18.0 Å². The Hall–Kier alpha value is -3.55. The first-order valence-electron chi connectivity index (χ1n) is 8.54. The molecule has 2 N–H and O–H groups in total. The minimum Gasteiger partial charge on any atom is -0.493 e. The highest BCUT2D eigenvalue weighted by molar-refractivity contribution is 6.35. The van der Waals surface area contributed by atoms with Gasteiger partial charge in [0, 0.05) is 12.1 Å². The van der Waals surface area contributed by atoms with E-state index in [0.29, 0.717) is 35.8 Å². The largest absolute Gasteiger partial charge is 0.493 e. The zero-order valence-electron chi connectivity index (χ0n) is 16.0. The quantitative estimate of drug-likeness (QED) is 0.408. The molecular weight excluding hydrogens is 362 g/mol. The maximum Gasteiger partial charge on any atom is 0.329 e. The van der Waals surface area contributed by atoms with Gasteiger partial charge < -0.3 is 19.5 Å². The zero-order valence-corrected chi connectivity index (χ0v) is 16.0. The molecule has 2 aromatic rings. The van der Waals surface area contributed by atoms with Crippen LogP contribution >= 0.6 is 0 Å². The molecule has 0 aliphatic heterocycles. The molecule has 0 aromatic heterocycles. The molecule has 0 fully saturated rings.